The zero-order valence-corrected chi connectivity index (χ0v) is 10.8. The van der Waals surface area contributed by atoms with Crippen molar-refractivity contribution in [3.8, 4) is 0 Å². The smallest absolute Gasteiger partial charge is 0.315 e. The van der Waals surface area contributed by atoms with Gasteiger partial charge >= 0.3 is 6.03 Å². The van der Waals surface area contributed by atoms with Gasteiger partial charge in [0.25, 0.3) is 0 Å². The third kappa shape index (κ3) is 2.47. The summed E-state index contributed by atoms with van der Waals surface area (Å²) < 4.78 is 0. The molecule has 3 rings (SSSR count). The van der Waals surface area contributed by atoms with Crippen LogP contribution < -0.4 is 10.6 Å². The van der Waals surface area contributed by atoms with Crippen molar-refractivity contribution in [3.63, 3.8) is 0 Å². The molecule has 0 spiro atoms. The van der Waals surface area contributed by atoms with Gasteiger partial charge in [0.1, 0.15) is 5.82 Å². The van der Waals surface area contributed by atoms with Crippen LogP contribution in [0, 0.1) is 5.41 Å². The highest BCUT2D eigenvalue weighted by molar-refractivity contribution is 5.74. The zero-order chi connectivity index (χ0) is 12.8. The maximum absolute atomic E-state index is 11.6. The molecule has 0 bridgehead atoms. The Kier molecular flexibility index (Phi) is 2.53. The molecule has 1 aromatic heterocycles. The minimum absolute atomic E-state index is 0.130. The van der Waals surface area contributed by atoms with E-state index in [4.69, 9.17) is 0 Å². The predicted octanol–water partition coefficient (Wildman–Crippen LogP) is 1.28. The van der Waals surface area contributed by atoms with Crippen LogP contribution in [0.3, 0.4) is 0 Å². The van der Waals surface area contributed by atoms with Gasteiger partial charge in [0.2, 0.25) is 0 Å². The Balaban J connectivity index is 1.44. The average Bonchev–Trinajstić information content (AvgIpc) is 3.19. The lowest BCUT2D eigenvalue weighted by Crippen LogP contribution is -2.38. The third-order valence-electron chi connectivity index (χ3n) is 3.73. The van der Waals surface area contributed by atoms with Crippen LogP contribution in [-0.4, -0.2) is 27.3 Å². The molecule has 3 N–H and O–H groups in total. The fraction of sp³-hybridized carbons (Fsp3) is 0.750. The molecule has 6 nitrogen and oxygen atoms in total. The van der Waals surface area contributed by atoms with E-state index in [1.165, 1.54) is 12.8 Å². The monoisotopic (exact) mass is 249 g/mol. The molecule has 2 aliphatic carbocycles. The summed E-state index contributed by atoms with van der Waals surface area (Å²) in [5.41, 5.74) is 0.253. The molecule has 0 aromatic carbocycles. The van der Waals surface area contributed by atoms with Gasteiger partial charge in [-0.15, -0.1) is 0 Å². The number of amides is 2. The molecule has 0 radical (unpaired) electrons. The first-order chi connectivity index (χ1) is 8.54. The molecule has 2 aliphatic rings. The lowest BCUT2D eigenvalue weighted by Gasteiger charge is -2.07. The summed E-state index contributed by atoms with van der Waals surface area (Å²) >= 11 is 0. The molecule has 0 saturated heterocycles. The second kappa shape index (κ2) is 3.96. The van der Waals surface area contributed by atoms with Crippen molar-refractivity contribution in [2.45, 2.75) is 51.6 Å². The molecule has 1 heterocycles. The van der Waals surface area contributed by atoms with E-state index >= 15 is 0 Å². The van der Waals surface area contributed by atoms with Crippen LogP contribution in [0.5, 0.6) is 0 Å². The van der Waals surface area contributed by atoms with Crippen molar-refractivity contribution in [1.82, 2.24) is 25.8 Å². The number of hydrogen-bond acceptors (Lipinski definition) is 3. The Labute approximate surface area is 106 Å². The molecule has 1 atom stereocenters. The first-order valence-corrected chi connectivity index (χ1v) is 6.50. The second-order valence-corrected chi connectivity index (χ2v) is 5.99. The SMILES string of the molecule is CC1(C)C[C@@H]1NC(=O)NCc1nc(C2CC2)n[nH]1. The maximum Gasteiger partial charge on any atom is 0.315 e. The Morgan fingerprint density at radius 2 is 2.22 bits per heavy atom. The van der Waals surface area contributed by atoms with Gasteiger partial charge in [0, 0.05) is 12.0 Å². The van der Waals surface area contributed by atoms with E-state index < -0.39 is 0 Å². The molecule has 18 heavy (non-hydrogen) atoms. The summed E-state index contributed by atoms with van der Waals surface area (Å²) in [4.78, 5) is 16.0. The van der Waals surface area contributed by atoms with E-state index in [1.54, 1.807) is 0 Å². The summed E-state index contributed by atoms with van der Waals surface area (Å²) in [6, 6.07) is 0.171. The molecule has 2 saturated carbocycles. The largest absolute Gasteiger partial charge is 0.335 e. The Hall–Kier alpha value is -1.59. The van der Waals surface area contributed by atoms with E-state index in [-0.39, 0.29) is 11.4 Å². The van der Waals surface area contributed by atoms with Gasteiger partial charge in [-0.05, 0) is 24.7 Å². The number of nitrogens with zero attached hydrogens (tertiary/aromatic N) is 2. The van der Waals surface area contributed by atoms with E-state index in [2.05, 4.69) is 39.7 Å². The number of nitrogens with one attached hydrogen (secondary N) is 3. The summed E-state index contributed by atoms with van der Waals surface area (Å²) in [6.45, 7) is 4.70. The van der Waals surface area contributed by atoms with Gasteiger partial charge < -0.3 is 10.6 Å². The number of hydrogen-bond donors (Lipinski definition) is 3. The van der Waals surface area contributed by atoms with Gasteiger partial charge in [-0.25, -0.2) is 9.78 Å². The summed E-state index contributed by atoms with van der Waals surface area (Å²) in [7, 11) is 0. The number of carbonyl (C=O) groups excluding carboxylic acids is 1. The molecular formula is C12H19N5O. The van der Waals surface area contributed by atoms with Crippen LogP contribution in [0.1, 0.15) is 50.7 Å². The first-order valence-electron chi connectivity index (χ1n) is 6.50. The minimum atomic E-state index is -0.130. The highest BCUT2D eigenvalue weighted by Crippen LogP contribution is 2.44. The quantitative estimate of drug-likeness (QED) is 0.751. The van der Waals surface area contributed by atoms with E-state index in [1.807, 2.05) is 0 Å². The molecule has 0 aliphatic heterocycles. The van der Waals surface area contributed by atoms with Crippen LogP contribution in [0.25, 0.3) is 0 Å². The highest BCUT2D eigenvalue weighted by Gasteiger charge is 2.46. The highest BCUT2D eigenvalue weighted by atomic mass is 16.2. The van der Waals surface area contributed by atoms with Gasteiger partial charge in [0.05, 0.1) is 6.54 Å². The second-order valence-electron chi connectivity index (χ2n) is 5.99. The van der Waals surface area contributed by atoms with Crippen molar-refractivity contribution in [2.24, 2.45) is 5.41 Å². The third-order valence-corrected chi connectivity index (χ3v) is 3.73. The van der Waals surface area contributed by atoms with E-state index in [0.717, 1.165) is 18.1 Å². The number of rotatable bonds is 4. The number of H-pyrrole nitrogens is 1. The van der Waals surface area contributed by atoms with E-state index in [9.17, 15) is 4.79 Å². The number of aromatic amines is 1. The van der Waals surface area contributed by atoms with Gasteiger partial charge in [0.15, 0.2) is 5.82 Å². The zero-order valence-electron chi connectivity index (χ0n) is 10.8. The van der Waals surface area contributed by atoms with Crippen molar-refractivity contribution >= 4 is 6.03 Å². The van der Waals surface area contributed by atoms with Gasteiger partial charge in [-0.1, -0.05) is 13.8 Å². The van der Waals surface area contributed by atoms with Gasteiger partial charge in [-0.2, -0.15) is 5.10 Å². The average molecular weight is 249 g/mol. The van der Waals surface area contributed by atoms with Crippen molar-refractivity contribution < 1.29 is 4.79 Å². The predicted molar refractivity (Wildman–Crippen MR) is 65.9 cm³/mol. The Morgan fingerprint density at radius 3 is 2.83 bits per heavy atom. The molecule has 6 heteroatoms. The van der Waals surface area contributed by atoms with Crippen LogP contribution in [0.15, 0.2) is 0 Å². The lowest BCUT2D eigenvalue weighted by molar-refractivity contribution is 0.238. The molecule has 2 fully saturated rings. The Morgan fingerprint density at radius 1 is 1.50 bits per heavy atom. The van der Waals surface area contributed by atoms with Crippen LogP contribution in [0.4, 0.5) is 4.79 Å². The number of carbonyl (C=O) groups is 1. The van der Waals surface area contributed by atoms with Crippen LogP contribution >= 0.6 is 0 Å². The standard InChI is InChI=1S/C12H19N5O/c1-12(2)5-8(12)14-11(18)13-6-9-15-10(17-16-9)7-3-4-7/h7-8H,3-6H2,1-2H3,(H2,13,14,18)(H,15,16,17)/t8-/m0/s1. The normalized spacial score (nSPS) is 24.7. The fourth-order valence-electron chi connectivity index (χ4n) is 2.00. The lowest BCUT2D eigenvalue weighted by atomic mass is 10.2. The van der Waals surface area contributed by atoms with Crippen molar-refractivity contribution in [3.05, 3.63) is 11.6 Å². The van der Waals surface area contributed by atoms with Crippen LogP contribution in [-0.2, 0) is 6.54 Å². The summed E-state index contributed by atoms with van der Waals surface area (Å²) in [5, 5.41) is 12.7. The molecule has 2 amide bonds. The van der Waals surface area contributed by atoms with Crippen molar-refractivity contribution in [2.75, 3.05) is 0 Å². The molecule has 98 valence electrons. The minimum Gasteiger partial charge on any atom is -0.335 e. The fourth-order valence-corrected chi connectivity index (χ4v) is 2.00. The molecule has 0 unspecified atom stereocenters. The maximum atomic E-state index is 11.6. The topological polar surface area (TPSA) is 82.7 Å². The van der Waals surface area contributed by atoms with Gasteiger partial charge in [-0.3, -0.25) is 5.10 Å². The summed E-state index contributed by atoms with van der Waals surface area (Å²) in [5.74, 6) is 2.15. The summed E-state index contributed by atoms with van der Waals surface area (Å²) in [6.07, 6.45) is 3.42. The van der Waals surface area contributed by atoms with Crippen molar-refractivity contribution in [1.29, 1.82) is 0 Å². The number of aromatic nitrogens is 3. The van der Waals surface area contributed by atoms with Crippen LogP contribution in [0.2, 0.25) is 0 Å². The van der Waals surface area contributed by atoms with E-state index in [0.29, 0.717) is 18.5 Å². The molecular weight excluding hydrogens is 230 g/mol. The number of urea groups is 1. The molecule has 1 aromatic rings. The Bertz CT molecular complexity index is 463. The first kappa shape index (κ1) is 11.5.